The van der Waals surface area contributed by atoms with Crippen molar-refractivity contribution in [1.82, 2.24) is 0 Å². The van der Waals surface area contributed by atoms with E-state index in [2.05, 4.69) is 4.72 Å². The van der Waals surface area contributed by atoms with Gasteiger partial charge in [-0.1, -0.05) is 17.7 Å². The molecule has 1 N–H and O–H groups in total. The SMILES string of the molecule is O=C1CCCN1c1ccc(NS(=O)(=O)c2c(F)cccc2F)cc1Cl. The van der Waals surface area contributed by atoms with Crippen LogP contribution in [-0.2, 0) is 14.8 Å². The summed E-state index contributed by atoms with van der Waals surface area (Å²) in [6, 6.07) is 6.94. The van der Waals surface area contributed by atoms with Gasteiger partial charge in [-0.25, -0.2) is 17.2 Å². The van der Waals surface area contributed by atoms with E-state index in [0.717, 1.165) is 24.6 Å². The zero-order chi connectivity index (χ0) is 18.2. The molecule has 132 valence electrons. The molecule has 1 aliphatic heterocycles. The molecule has 1 fully saturated rings. The van der Waals surface area contributed by atoms with Crippen molar-refractivity contribution in [2.75, 3.05) is 16.2 Å². The Bertz CT molecular complexity index is 930. The number of rotatable bonds is 4. The molecule has 0 unspecified atom stereocenters. The number of halogens is 3. The van der Waals surface area contributed by atoms with E-state index in [9.17, 15) is 22.0 Å². The summed E-state index contributed by atoms with van der Waals surface area (Å²) >= 11 is 6.14. The topological polar surface area (TPSA) is 66.5 Å². The van der Waals surface area contributed by atoms with Gasteiger partial charge in [0.25, 0.3) is 10.0 Å². The smallest absolute Gasteiger partial charge is 0.267 e. The summed E-state index contributed by atoms with van der Waals surface area (Å²) in [5.41, 5.74) is 0.493. The fraction of sp³-hybridized carbons (Fsp3) is 0.188. The highest BCUT2D eigenvalue weighted by Gasteiger charge is 2.26. The van der Waals surface area contributed by atoms with Gasteiger partial charge in [-0.05, 0) is 36.8 Å². The van der Waals surface area contributed by atoms with E-state index in [1.807, 2.05) is 0 Å². The van der Waals surface area contributed by atoms with Gasteiger partial charge in [0, 0.05) is 13.0 Å². The molecule has 1 heterocycles. The Balaban J connectivity index is 1.91. The molecule has 9 heteroatoms. The van der Waals surface area contributed by atoms with Gasteiger partial charge < -0.3 is 4.90 Å². The van der Waals surface area contributed by atoms with Crippen molar-refractivity contribution >= 4 is 38.9 Å². The molecular formula is C16H13ClF2N2O3S. The number of anilines is 2. The van der Waals surface area contributed by atoms with Gasteiger partial charge in [0.2, 0.25) is 5.91 Å². The first-order valence-corrected chi connectivity index (χ1v) is 9.22. The molecule has 1 amide bonds. The van der Waals surface area contributed by atoms with Crippen molar-refractivity contribution in [2.24, 2.45) is 0 Å². The van der Waals surface area contributed by atoms with E-state index in [-0.39, 0.29) is 16.6 Å². The standard InChI is InChI=1S/C16H13ClF2N2O3S/c17-11-9-10(6-7-14(11)21-8-2-5-15(21)22)20-25(23,24)16-12(18)3-1-4-13(16)19/h1,3-4,6-7,9,20H,2,5,8H2. The maximum Gasteiger partial charge on any atom is 0.267 e. The molecule has 0 radical (unpaired) electrons. The second-order valence-electron chi connectivity index (χ2n) is 5.47. The number of hydrogen-bond donors (Lipinski definition) is 1. The maximum atomic E-state index is 13.7. The average molecular weight is 387 g/mol. The third kappa shape index (κ3) is 3.45. The molecule has 1 aliphatic rings. The first-order valence-electron chi connectivity index (χ1n) is 7.36. The Hall–Kier alpha value is -2.19. The molecule has 1 saturated heterocycles. The lowest BCUT2D eigenvalue weighted by Crippen LogP contribution is -2.24. The number of hydrogen-bond acceptors (Lipinski definition) is 3. The Labute approximate surface area is 148 Å². The number of benzene rings is 2. The van der Waals surface area contributed by atoms with E-state index >= 15 is 0 Å². The zero-order valence-corrected chi connectivity index (χ0v) is 14.4. The molecule has 0 spiro atoms. The number of sulfonamides is 1. The molecule has 5 nitrogen and oxygen atoms in total. The predicted octanol–water partition coefficient (Wildman–Crippen LogP) is 3.55. The molecular weight excluding hydrogens is 374 g/mol. The molecule has 3 rings (SSSR count). The van der Waals surface area contributed by atoms with Crippen LogP contribution in [0.3, 0.4) is 0 Å². The Morgan fingerprint density at radius 2 is 1.80 bits per heavy atom. The van der Waals surface area contributed by atoms with Crippen LogP contribution < -0.4 is 9.62 Å². The molecule has 0 aliphatic carbocycles. The van der Waals surface area contributed by atoms with Gasteiger partial charge in [0.1, 0.15) is 11.6 Å². The van der Waals surface area contributed by atoms with Crippen molar-refractivity contribution < 1.29 is 22.0 Å². The van der Waals surface area contributed by atoms with Gasteiger partial charge in [-0.3, -0.25) is 9.52 Å². The summed E-state index contributed by atoms with van der Waals surface area (Å²) in [7, 11) is -4.47. The van der Waals surface area contributed by atoms with E-state index in [1.54, 1.807) is 0 Å². The van der Waals surface area contributed by atoms with Crippen LogP contribution in [0.15, 0.2) is 41.3 Å². The summed E-state index contributed by atoms with van der Waals surface area (Å²) in [5, 5.41) is 0.157. The highest BCUT2D eigenvalue weighted by Crippen LogP contribution is 2.32. The average Bonchev–Trinajstić information content (AvgIpc) is 2.92. The normalized spacial score (nSPS) is 14.8. The lowest BCUT2D eigenvalue weighted by Gasteiger charge is -2.18. The molecule has 2 aromatic rings. The third-order valence-corrected chi connectivity index (χ3v) is 5.49. The van der Waals surface area contributed by atoms with Crippen LogP contribution >= 0.6 is 11.6 Å². The minimum Gasteiger partial charge on any atom is -0.311 e. The van der Waals surface area contributed by atoms with Crippen LogP contribution in [-0.4, -0.2) is 20.9 Å². The van der Waals surface area contributed by atoms with Crippen LogP contribution in [0.5, 0.6) is 0 Å². The monoisotopic (exact) mass is 386 g/mol. The highest BCUT2D eigenvalue weighted by molar-refractivity contribution is 7.92. The maximum absolute atomic E-state index is 13.7. The van der Waals surface area contributed by atoms with Gasteiger partial charge in [0.15, 0.2) is 4.90 Å². The van der Waals surface area contributed by atoms with Crippen LogP contribution in [0.25, 0.3) is 0 Å². The van der Waals surface area contributed by atoms with E-state index in [0.29, 0.717) is 18.7 Å². The van der Waals surface area contributed by atoms with Crippen LogP contribution in [0.1, 0.15) is 12.8 Å². The predicted molar refractivity (Wildman–Crippen MR) is 90.2 cm³/mol. The van der Waals surface area contributed by atoms with Crippen molar-refractivity contribution in [2.45, 2.75) is 17.7 Å². The number of nitrogens with zero attached hydrogens (tertiary/aromatic N) is 1. The number of carbonyl (C=O) groups is 1. The van der Waals surface area contributed by atoms with Crippen molar-refractivity contribution in [1.29, 1.82) is 0 Å². The first kappa shape index (κ1) is 17.6. The van der Waals surface area contributed by atoms with E-state index in [1.165, 1.54) is 23.1 Å². The van der Waals surface area contributed by atoms with Gasteiger partial charge in [0.05, 0.1) is 16.4 Å². The second kappa shape index (κ2) is 6.61. The van der Waals surface area contributed by atoms with E-state index in [4.69, 9.17) is 11.6 Å². The number of amides is 1. The summed E-state index contributed by atoms with van der Waals surface area (Å²) in [4.78, 5) is 12.2. The Morgan fingerprint density at radius 3 is 2.36 bits per heavy atom. The fourth-order valence-corrected chi connectivity index (χ4v) is 4.11. The van der Waals surface area contributed by atoms with Crippen molar-refractivity contribution in [3.8, 4) is 0 Å². The molecule has 0 saturated carbocycles. The molecule has 25 heavy (non-hydrogen) atoms. The van der Waals surface area contributed by atoms with Crippen LogP contribution in [0.4, 0.5) is 20.2 Å². The summed E-state index contributed by atoms with van der Waals surface area (Å²) < 4.78 is 54.0. The third-order valence-electron chi connectivity index (χ3n) is 3.75. The lowest BCUT2D eigenvalue weighted by atomic mass is 10.2. The zero-order valence-electron chi connectivity index (χ0n) is 12.8. The Kier molecular flexibility index (Phi) is 4.66. The second-order valence-corrected chi connectivity index (χ2v) is 7.50. The molecule has 0 bridgehead atoms. The minimum absolute atomic E-state index is 0.0306. The minimum atomic E-state index is -4.47. The number of nitrogens with one attached hydrogen (secondary N) is 1. The van der Waals surface area contributed by atoms with E-state index < -0.39 is 26.6 Å². The lowest BCUT2D eigenvalue weighted by molar-refractivity contribution is -0.117. The highest BCUT2D eigenvalue weighted by atomic mass is 35.5. The number of carbonyl (C=O) groups excluding carboxylic acids is 1. The Morgan fingerprint density at radius 1 is 1.12 bits per heavy atom. The summed E-state index contributed by atoms with van der Waals surface area (Å²) in [6.45, 7) is 0.532. The molecule has 2 aromatic carbocycles. The molecule has 0 atom stereocenters. The van der Waals surface area contributed by atoms with Gasteiger partial charge in [-0.15, -0.1) is 0 Å². The van der Waals surface area contributed by atoms with Gasteiger partial charge in [-0.2, -0.15) is 0 Å². The van der Waals surface area contributed by atoms with Gasteiger partial charge >= 0.3 is 0 Å². The summed E-state index contributed by atoms with van der Waals surface area (Å²) in [6.07, 6.45) is 1.15. The fourth-order valence-electron chi connectivity index (χ4n) is 2.64. The first-order chi connectivity index (χ1) is 11.8. The quantitative estimate of drug-likeness (QED) is 0.873. The van der Waals surface area contributed by atoms with Crippen molar-refractivity contribution in [3.63, 3.8) is 0 Å². The van der Waals surface area contributed by atoms with Crippen LogP contribution in [0, 0.1) is 11.6 Å². The largest absolute Gasteiger partial charge is 0.311 e. The molecule has 0 aromatic heterocycles. The van der Waals surface area contributed by atoms with Crippen LogP contribution in [0.2, 0.25) is 5.02 Å². The van der Waals surface area contributed by atoms with Crippen molar-refractivity contribution in [3.05, 3.63) is 53.1 Å². The summed E-state index contributed by atoms with van der Waals surface area (Å²) in [5.74, 6) is -2.46.